The summed E-state index contributed by atoms with van der Waals surface area (Å²) in [4.78, 5) is 23.6. The highest BCUT2D eigenvalue weighted by Crippen LogP contribution is 2.29. The third-order valence-corrected chi connectivity index (χ3v) is 3.63. The molecule has 0 saturated heterocycles. The van der Waals surface area contributed by atoms with Crippen molar-refractivity contribution < 1.29 is 14.3 Å². The van der Waals surface area contributed by atoms with E-state index in [1.807, 2.05) is 13.0 Å². The number of halogens is 2. The molecule has 114 valence electrons. The molecule has 0 atom stereocenters. The van der Waals surface area contributed by atoms with Gasteiger partial charge in [0, 0.05) is 0 Å². The fourth-order valence-corrected chi connectivity index (χ4v) is 2.12. The van der Waals surface area contributed by atoms with Crippen molar-refractivity contribution in [2.24, 2.45) is 0 Å². The highest BCUT2D eigenvalue weighted by atomic mass is 35.5. The number of hydrogen-bond donors (Lipinski definition) is 1. The molecular weight excluding hydrogens is 325 g/mol. The Bertz CT molecular complexity index is 716. The van der Waals surface area contributed by atoms with Gasteiger partial charge in [0.1, 0.15) is 0 Å². The van der Waals surface area contributed by atoms with Crippen molar-refractivity contribution in [3.63, 3.8) is 0 Å². The third-order valence-electron chi connectivity index (χ3n) is 2.81. The van der Waals surface area contributed by atoms with Crippen LogP contribution in [-0.4, -0.2) is 18.5 Å². The van der Waals surface area contributed by atoms with E-state index < -0.39 is 18.5 Å². The number of carbonyl (C=O) groups excluding carboxylic acids is 2. The van der Waals surface area contributed by atoms with Gasteiger partial charge in [0.2, 0.25) is 0 Å². The van der Waals surface area contributed by atoms with E-state index in [9.17, 15) is 9.59 Å². The number of benzene rings is 2. The van der Waals surface area contributed by atoms with E-state index >= 15 is 0 Å². The molecule has 0 spiro atoms. The fraction of sp³-hybridized carbons (Fsp3) is 0.125. The summed E-state index contributed by atoms with van der Waals surface area (Å²) in [5, 5.41) is 3.10. The average Bonchev–Trinajstić information content (AvgIpc) is 2.49. The van der Waals surface area contributed by atoms with Crippen LogP contribution in [0.15, 0.2) is 42.5 Å². The molecule has 2 rings (SSSR count). The largest absolute Gasteiger partial charge is 0.452 e. The fourth-order valence-electron chi connectivity index (χ4n) is 1.77. The monoisotopic (exact) mass is 337 g/mol. The van der Waals surface area contributed by atoms with Crippen molar-refractivity contribution in [1.29, 1.82) is 0 Å². The Morgan fingerprint density at radius 3 is 2.59 bits per heavy atom. The van der Waals surface area contributed by atoms with Crippen molar-refractivity contribution in [1.82, 2.24) is 0 Å². The second-order valence-corrected chi connectivity index (χ2v) is 5.38. The summed E-state index contributed by atoms with van der Waals surface area (Å²) < 4.78 is 4.96. The third kappa shape index (κ3) is 4.23. The average molecular weight is 338 g/mol. The molecule has 0 radical (unpaired) electrons. The molecule has 1 N–H and O–H groups in total. The number of rotatable bonds is 4. The first kappa shape index (κ1) is 16.3. The van der Waals surface area contributed by atoms with Gasteiger partial charge in [0.25, 0.3) is 5.91 Å². The lowest BCUT2D eigenvalue weighted by molar-refractivity contribution is -0.119. The molecule has 2 aromatic rings. The smallest absolute Gasteiger partial charge is 0.338 e. The topological polar surface area (TPSA) is 55.4 Å². The molecule has 0 aliphatic rings. The van der Waals surface area contributed by atoms with Crippen LogP contribution < -0.4 is 5.32 Å². The minimum Gasteiger partial charge on any atom is -0.452 e. The zero-order valence-electron chi connectivity index (χ0n) is 11.7. The lowest BCUT2D eigenvalue weighted by Gasteiger charge is -2.09. The van der Waals surface area contributed by atoms with Crippen molar-refractivity contribution in [2.75, 3.05) is 11.9 Å². The van der Waals surface area contributed by atoms with Gasteiger partial charge >= 0.3 is 5.97 Å². The molecule has 0 bridgehead atoms. The van der Waals surface area contributed by atoms with Crippen LogP contribution in [0.2, 0.25) is 10.0 Å². The maximum atomic E-state index is 11.8. The van der Waals surface area contributed by atoms with E-state index in [0.29, 0.717) is 16.3 Å². The van der Waals surface area contributed by atoms with E-state index in [4.69, 9.17) is 27.9 Å². The second kappa shape index (κ2) is 7.29. The minimum absolute atomic E-state index is 0.238. The summed E-state index contributed by atoms with van der Waals surface area (Å²) in [6.07, 6.45) is 0. The maximum absolute atomic E-state index is 11.8. The van der Waals surface area contributed by atoms with E-state index in [1.54, 1.807) is 36.4 Å². The van der Waals surface area contributed by atoms with E-state index in [1.165, 1.54) is 0 Å². The Morgan fingerprint density at radius 1 is 1.14 bits per heavy atom. The molecule has 6 heteroatoms. The first-order chi connectivity index (χ1) is 10.5. The maximum Gasteiger partial charge on any atom is 0.338 e. The van der Waals surface area contributed by atoms with Gasteiger partial charge in [-0.2, -0.15) is 0 Å². The van der Waals surface area contributed by atoms with Gasteiger partial charge in [-0.05, 0) is 31.2 Å². The first-order valence-electron chi connectivity index (χ1n) is 6.45. The Hall–Kier alpha value is -2.04. The van der Waals surface area contributed by atoms with E-state index in [2.05, 4.69) is 5.32 Å². The summed E-state index contributed by atoms with van der Waals surface area (Å²) in [5.74, 6) is -1.05. The molecule has 0 unspecified atom stereocenters. The van der Waals surface area contributed by atoms with Crippen LogP contribution in [0.1, 0.15) is 15.9 Å². The minimum atomic E-state index is -0.559. The van der Waals surface area contributed by atoms with Crippen LogP contribution in [0, 0.1) is 6.92 Å². The van der Waals surface area contributed by atoms with Gasteiger partial charge in [0.05, 0.1) is 21.3 Å². The van der Waals surface area contributed by atoms with Gasteiger partial charge in [-0.3, -0.25) is 4.79 Å². The van der Waals surface area contributed by atoms with Gasteiger partial charge in [0.15, 0.2) is 6.61 Å². The number of aryl methyl sites for hydroxylation is 1. The number of esters is 1. The number of carbonyl (C=O) groups is 2. The summed E-state index contributed by atoms with van der Waals surface area (Å²) in [6, 6.07) is 11.8. The predicted molar refractivity (Wildman–Crippen MR) is 86.6 cm³/mol. The molecule has 0 heterocycles. The Kier molecular flexibility index (Phi) is 5.41. The molecule has 22 heavy (non-hydrogen) atoms. The zero-order chi connectivity index (χ0) is 16.1. The zero-order valence-corrected chi connectivity index (χ0v) is 13.2. The standard InChI is InChI=1S/C16H13Cl2NO3/c1-10-4-2-5-11(8-10)16(21)22-9-14(20)19-13-7-3-6-12(17)15(13)18/h2-8H,9H2,1H3,(H,19,20). The summed E-state index contributed by atoms with van der Waals surface area (Å²) in [6.45, 7) is 1.46. The molecule has 0 fully saturated rings. The summed E-state index contributed by atoms with van der Waals surface area (Å²) in [5.41, 5.74) is 1.70. The quantitative estimate of drug-likeness (QED) is 0.854. The van der Waals surface area contributed by atoms with Crippen LogP contribution >= 0.6 is 23.2 Å². The Labute approximate surface area is 138 Å². The second-order valence-electron chi connectivity index (χ2n) is 4.60. The van der Waals surface area contributed by atoms with E-state index in [-0.39, 0.29) is 5.02 Å². The normalized spacial score (nSPS) is 10.1. The van der Waals surface area contributed by atoms with Gasteiger partial charge in [-0.25, -0.2) is 4.79 Å². The lowest BCUT2D eigenvalue weighted by Crippen LogP contribution is -2.21. The molecule has 0 aliphatic carbocycles. The SMILES string of the molecule is Cc1cccc(C(=O)OCC(=O)Nc2cccc(Cl)c2Cl)c1. The van der Waals surface area contributed by atoms with Crippen LogP contribution in [0.5, 0.6) is 0 Å². The Morgan fingerprint density at radius 2 is 1.86 bits per heavy atom. The van der Waals surface area contributed by atoms with Crippen LogP contribution in [0.3, 0.4) is 0 Å². The van der Waals surface area contributed by atoms with Crippen LogP contribution in [-0.2, 0) is 9.53 Å². The highest BCUT2D eigenvalue weighted by Gasteiger charge is 2.12. The molecule has 0 saturated carbocycles. The number of nitrogens with one attached hydrogen (secondary N) is 1. The Balaban J connectivity index is 1.93. The van der Waals surface area contributed by atoms with Crippen molar-refractivity contribution >= 4 is 40.8 Å². The van der Waals surface area contributed by atoms with Gasteiger partial charge in [-0.15, -0.1) is 0 Å². The number of amides is 1. The highest BCUT2D eigenvalue weighted by molar-refractivity contribution is 6.44. The van der Waals surface area contributed by atoms with Crippen LogP contribution in [0.25, 0.3) is 0 Å². The molecule has 2 aromatic carbocycles. The van der Waals surface area contributed by atoms with Crippen molar-refractivity contribution in [3.05, 3.63) is 63.6 Å². The van der Waals surface area contributed by atoms with Crippen molar-refractivity contribution in [3.8, 4) is 0 Å². The summed E-state index contributed by atoms with van der Waals surface area (Å²) in [7, 11) is 0. The molecule has 0 aromatic heterocycles. The number of ether oxygens (including phenoxy) is 1. The molecular formula is C16H13Cl2NO3. The van der Waals surface area contributed by atoms with E-state index in [0.717, 1.165) is 5.56 Å². The van der Waals surface area contributed by atoms with Gasteiger partial charge in [-0.1, -0.05) is 47.0 Å². The predicted octanol–water partition coefficient (Wildman–Crippen LogP) is 4.10. The van der Waals surface area contributed by atoms with Gasteiger partial charge < -0.3 is 10.1 Å². The lowest BCUT2D eigenvalue weighted by atomic mass is 10.1. The van der Waals surface area contributed by atoms with Crippen molar-refractivity contribution in [2.45, 2.75) is 6.92 Å². The number of hydrogen-bond acceptors (Lipinski definition) is 3. The molecule has 1 amide bonds. The van der Waals surface area contributed by atoms with Crippen LogP contribution in [0.4, 0.5) is 5.69 Å². The molecule has 4 nitrogen and oxygen atoms in total. The number of anilines is 1. The first-order valence-corrected chi connectivity index (χ1v) is 7.20. The molecule has 0 aliphatic heterocycles. The summed E-state index contributed by atoms with van der Waals surface area (Å²) >= 11 is 11.8.